The minimum absolute atomic E-state index is 1.75. The summed E-state index contributed by atoms with van der Waals surface area (Å²) in [6, 6.07) is 0. The lowest BCUT2D eigenvalue weighted by Gasteiger charge is -1.99. The average Bonchev–Trinajstić information content (AvgIpc) is 1.66. The Hall–Kier alpha value is -0.790. The Bertz CT molecular complexity index is 92.7. The van der Waals surface area contributed by atoms with Crippen molar-refractivity contribution in [2.45, 2.75) is 6.92 Å². The van der Waals surface area contributed by atoms with Gasteiger partial charge in [-0.1, -0.05) is 6.08 Å². The second kappa shape index (κ2) is 4.37. The summed E-state index contributed by atoms with van der Waals surface area (Å²) in [5.74, 6) is 0. The summed E-state index contributed by atoms with van der Waals surface area (Å²) < 4.78 is 0. The monoisotopic (exact) mass is 112 g/mol. The Morgan fingerprint density at radius 2 is 2.00 bits per heavy atom. The Labute approximate surface area is 50.5 Å². The highest BCUT2D eigenvalue weighted by atomic mass is 15.4. The first-order chi connectivity index (χ1) is 3.77. The van der Waals surface area contributed by atoms with Crippen molar-refractivity contribution >= 4 is 6.21 Å². The van der Waals surface area contributed by atoms with Gasteiger partial charge >= 0.3 is 0 Å². The fraction of sp³-hybridized carbons (Fsp3) is 0.500. The van der Waals surface area contributed by atoms with Crippen molar-refractivity contribution in [3.63, 3.8) is 0 Å². The van der Waals surface area contributed by atoms with Gasteiger partial charge in [0.2, 0.25) is 0 Å². The molecule has 0 radical (unpaired) electrons. The summed E-state index contributed by atoms with van der Waals surface area (Å²) in [7, 11) is 3.78. The molecule has 2 nitrogen and oxygen atoms in total. The highest BCUT2D eigenvalue weighted by Gasteiger charge is 1.68. The largest absolute Gasteiger partial charge is 0.303 e. The summed E-state index contributed by atoms with van der Waals surface area (Å²) in [6.45, 7) is 1.96. The molecule has 0 rings (SSSR count). The van der Waals surface area contributed by atoms with Crippen molar-refractivity contribution in [1.29, 1.82) is 0 Å². The zero-order valence-corrected chi connectivity index (χ0v) is 5.63. The molecule has 0 bridgehead atoms. The van der Waals surface area contributed by atoms with Crippen LogP contribution in [0.1, 0.15) is 6.92 Å². The van der Waals surface area contributed by atoms with E-state index < -0.39 is 0 Å². The number of hydrogen-bond acceptors (Lipinski definition) is 2. The third-order valence-electron chi connectivity index (χ3n) is 0.576. The van der Waals surface area contributed by atoms with E-state index in [1.165, 1.54) is 0 Å². The van der Waals surface area contributed by atoms with Gasteiger partial charge in [0, 0.05) is 20.3 Å². The SMILES string of the molecule is C/C=C\C=N\N(C)C. The molecule has 0 saturated carbocycles. The fourth-order valence-electron chi connectivity index (χ4n) is 0.258. The molecule has 0 amide bonds. The average molecular weight is 112 g/mol. The van der Waals surface area contributed by atoms with Crippen molar-refractivity contribution in [2.75, 3.05) is 14.1 Å². The predicted molar refractivity (Wildman–Crippen MR) is 37.0 cm³/mol. The maximum absolute atomic E-state index is 3.94. The van der Waals surface area contributed by atoms with E-state index in [0.29, 0.717) is 0 Å². The molecule has 8 heavy (non-hydrogen) atoms. The van der Waals surface area contributed by atoms with Gasteiger partial charge < -0.3 is 5.01 Å². The number of rotatable bonds is 2. The first-order valence-electron chi connectivity index (χ1n) is 2.60. The summed E-state index contributed by atoms with van der Waals surface area (Å²) in [5.41, 5.74) is 0. The molecular formula is C6H12N2. The molecular weight excluding hydrogens is 100 g/mol. The second-order valence-electron chi connectivity index (χ2n) is 1.64. The van der Waals surface area contributed by atoms with Gasteiger partial charge in [0.05, 0.1) is 0 Å². The summed E-state index contributed by atoms with van der Waals surface area (Å²) in [6.07, 6.45) is 5.58. The fourth-order valence-corrected chi connectivity index (χ4v) is 0.258. The van der Waals surface area contributed by atoms with Crippen LogP contribution >= 0.6 is 0 Å². The molecule has 0 N–H and O–H groups in total. The van der Waals surface area contributed by atoms with Crippen LogP contribution in [-0.4, -0.2) is 25.3 Å². The van der Waals surface area contributed by atoms with E-state index in [-0.39, 0.29) is 0 Å². The van der Waals surface area contributed by atoms with Crippen LogP contribution < -0.4 is 0 Å². The molecule has 0 heterocycles. The molecule has 0 fully saturated rings. The van der Waals surface area contributed by atoms with Gasteiger partial charge in [-0.25, -0.2) is 0 Å². The van der Waals surface area contributed by atoms with Crippen LogP contribution in [0.2, 0.25) is 0 Å². The molecule has 0 aliphatic carbocycles. The highest BCUT2D eigenvalue weighted by molar-refractivity contribution is 5.70. The van der Waals surface area contributed by atoms with Gasteiger partial charge in [-0.05, 0) is 13.0 Å². The van der Waals surface area contributed by atoms with Gasteiger partial charge in [-0.2, -0.15) is 5.10 Å². The van der Waals surface area contributed by atoms with E-state index in [1.807, 2.05) is 33.2 Å². The normalized spacial score (nSPS) is 11.4. The highest BCUT2D eigenvalue weighted by Crippen LogP contribution is 1.71. The molecule has 0 aliphatic heterocycles. The van der Waals surface area contributed by atoms with Crippen LogP contribution in [0.4, 0.5) is 0 Å². The van der Waals surface area contributed by atoms with E-state index in [0.717, 1.165) is 0 Å². The van der Waals surface area contributed by atoms with Crippen LogP contribution in [0.3, 0.4) is 0 Å². The van der Waals surface area contributed by atoms with Crippen molar-refractivity contribution in [3.05, 3.63) is 12.2 Å². The Balaban J connectivity index is 3.34. The van der Waals surface area contributed by atoms with E-state index >= 15 is 0 Å². The quantitative estimate of drug-likeness (QED) is 0.386. The lowest BCUT2D eigenvalue weighted by Crippen LogP contribution is -2.00. The minimum atomic E-state index is 1.75. The van der Waals surface area contributed by atoms with Gasteiger partial charge in [-0.3, -0.25) is 0 Å². The second-order valence-corrected chi connectivity index (χ2v) is 1.64. The van der Waals surface area contributed by atoms with E-state index in [9.17, 15) is 0 Å². The minimum Gasteiger partial charge on any atom is -0.303 e. The topological polar surface area (TPSA) is 15.6 Å². The van der Waals surface area contributed by atoms with Crippen LogP contribution in [0.5, 0.6) is 0 Å². The van der Waals surface area contributed by atoms with Gasteiger partial charge in [0.1, 0.15) is 0 Å². The molecule has 46 valence electrons. The first-order valence-corrected chi connectivity index (χ1v) is 2.60. The van der Waals surface area contributed by atoms with Gasteiger partial charge in [-0.15, -0.1) is 0 Å². The number of hydrazone groups is 1. The molecule has 0 saturated heterocycles. The van der Waals surface area contributed by atoms with Crippen LogP contribution in [0.25, 0.3) is 0 Å². The Morgan fingerprint density at radius 3 is 2.38 bits per heavy atom. The molecule has 0 aromatic rings. The molecule has 0 unspecified atom stereocenters. The molecule has 0 atom stereocenters. The van der Waals surface area contributed by atoms with E-state index in [4.69, 9.17) is 0 Å². The van der Waals surface area contributed by atoms with Crippen molar-refractivity contribution in [2.24, 2.45) is 5.10 Å². The van der Waals surface area contributed by atoms with Gasteiger partial charge in [0.25, 0.3) is 0 Å². The lowest BCUT2D eigenvalue weighted by molar-refractivity contribution is 0.440. The Morgan fingerprint density at radius 1 is 1.38 bits per heavy atom. The third kappa shape index (κ3) is 5.21. The number of nitrogens with zero attached hydrogens (tertiary/aromatic N) is 2. The first kappa shape index (κ1) is 7.21. The van der Waals surface area contributed by atoms with E-state index in [1.54, 1.807) is 11.2 Å². The third-order valence-corrected chi connectivity index (χ3v) is 0.576. The van der Waals surface area contributed by atoms with Crippen molar-refractivity contribution < 1.29 is 0 Å². The van der Waals surface area contributed by atoms with Crippen LogP contribution in [0, 0.1) is 0 Å². The zero-order valence-electron chi connectivity index (χ0n) is 5.63. The molecule has 0 aromatic carbocycles. The lowest BCUT2D eigenvalue weighted by atomic mass is 10.6. The molecule has 2 heteroatoms. The summed E-state index contributed by atoms with van der Waals surface area (Å²) in [4.78, 5) is 0. The number of allylic oxidation sites excluding steroid dienone is 2. The molecule has 0 aromatic heterocycles. The number of hydrogen-bond donors (Lipinski definition) is 0. The van der Waals surface area contributed by atoms with E-state index in [2.05, 4.69) is 5.10 Å². The van der Waals surface area contributed by atoms with Crippen LogP contribution in [0.15, 0.2) is 17.3 Å². The van der Waals surface area contributed by atoms with Crippen molar-refractivity contribution in [3.8, 4) is 0 Å². The summed E-state index contributed by atoms with van der Waals surface area (Å²) >= 11 is 0. The van der Waals surface area contributed by atoms with Crippen molar-refractivity contribution in [1.82, 2.24) is 5.01 Å². The maximum atomic E-state index is 3.94. The van der Waals surface area contributed by atoms with Gasteiger partial charge in [0.15, 0.2) is 0 Å². The molecule has 0 aliphatic rings. The smallest absolute Gasteiger partial charge is 0.0466 e. The summed E-state index contributed by atoms with van der Waals surface area (Å²) in [5, 5.41) is 5.69. The van der Waals surface area contributed by atoms with Crippen LogP contribution in [-0.2, 0) is 0 Å². The predicted octanol–water partition coefficient (Wildman–Crippen LogP) is 1.11. The Kier molecular flexibility index (Phi) is 3.94. The molecule has 0 spiro atoms. The standard InChI is InChI=1S/C6H12N2/c1-4-5-6-7-8(2)3/h4-6H,1-3H3/b5-4-,7-6+. The maximum Gasteiger partial charge on any atom is 0.0466 e. The zero-order chi connectivity index (χ0) is 6.41.